The zero-order chi connectivity index (χ0) is 13.0. The molecule has 0 amide bonds. The summed E-state index contributed by atoms with van der Waals surface area (Å²) in [6.45, 7) is 3.04. The van der Waals surface area contributed by atoms with E-state index in [1.807, 2.05) is 29.6 Å². The van der Waals surface area contributed by atoms with E-state index in [4.69, 9.17) is 23.2 Å². The molecule has 18 heavy (non-hydrogen) atoms. The van der Waals surface area contributed by atoms with Crippen molar-refractivity contribution in [2.24, 2.45) is 0 Å². The third-order valence-electron chi connectivity index (χ3n) is 2.68. The standard InChI is InChI=1S/C14H15Cl2NS/c1-10(5-11-3-2-4-12(15)6-11)17-8-14-7-13(16)9-18-14/h2-4,6-7,9-10,17H,5,8H2,1H3. The number of hydrogen-bond donors (Lipinski definition) is 1. The van der Waals surface area contributed by atoms with Gasteiger partial charge in [-0.25, -0.2) is 0 Å². The average molecular weight is 300 g/mol. The number of hydrogen-bond acceptors (Lipinski definition) is 2. The van der Waals surface area contributed by atoms with Gasteiger partial charge in [-0.3, -0.25) is 0 Å². The van der Waals surface area contributed by atoms with Crippen LogP contribution in [0.3, 0.4) is 0 Å². The Labute approximate surface area is 122 Å². The molecule has 1 aromatic carbocycles. The van der Waals surface area contributed by atoms with Gasteiger partial charge in [0, 0.05) is 27.9 Å². The van der Waals surface area contributed by atoms with Crippen LogP contribution in [0.2, 0.25) is 10.0 Å². The lowest BCUT2D eigenvalue weighted by Crippen LogP contribution is -2.27. The van der Waals surface area contributed by atoms with Crippen LogP contribution in [0.25, 0.3) is 0 Å². The fourth-order valence-corrected chi connectivity index (χ4v) is 3.05. The Hall–Kier alpha value is -0.540. The first-order chi connectivity index (χ1) is 8.63. The summed E-state index contributed by atoms with van der Waals surface area (Å²) >= 11 is 13.5. The van der Waals surface area contributed by atoms with Gasteiger partial charge in [-0.15, -0.1) is 11.3 Å². The largest absolute Gasteiger partial charge is 0.309 e. The van der Waals surface area contributed by atoms with Gasteiger partial charge in [-0.05, 0) is 37.1 Å². The minimum Gasteiger partial charge on any atom is -0.309 e. The molecule has 2 aromatic rings. The lowest BCUT2D eigenvalue weighted by atomic mass is 10.1. The molecule has 1 heterocycles. The van der Waals surface area contributed by atoms with E-state index in [1.165, 1.54) is 10.4 Å². The molecule has 1 unspecified atom stereocenters. The molecule has 0 aliphatic rings. The van der Waals surface area contributed by atoms with Crippen LogP contribution in [0.5, 0.6) is 0 Å². The topological polar surface area (TPSA) is 12.0 Å². The van der Waals surface area contributed by atoms with Crippen molar-refractivity contribution in [1.82, 2.24) is 5.32 Å². The molecule has 0 spiro atoms. The highest BCUT2D eigenvalue weighted by Gasteiger charge is 2.05. The Morgan fingerprint density at radius 3 is 2.72 bits per heavy atom. The number of halogens is 2. The van der Waals surface area contributed by atoms with Crippen LogP contribution in [-0.4, -0.2) is 6.04 Å². The smallest absolute Gasteiger partial charge is 0.0516 e. The van der Waals surface area contributed by atoms with E-state index in [9.17, 15) is 0 Å². The summed E-state index contributed by atoms with van der Waals surface area (Å²) in [7, 11) is 0. The van der Waals surface area contributed by atoms with Crippen LogP contribution in [0, 0.1) is 0 Å². The molecule has 1 aromatic heterocycles. The minimum absolute atomic E-state index is 0.407. The molecule has 1 atom stereocenters. The minimum atomic E-state index is 0.407. The first-order valence-corrected chi connectivity index (χ1v) is 7.48. The van der Waals surface area contributed by atoms with Crippen molar-refractivity contribution in [3.05, 3.63) is 56.2 Å². The van der Waals surface area contributed by atoms with E-state index < -0.39 is 0 Å². The molecule has 2 rings (SSSR count). The van der Waals surface area contributed by atoms with E-state index in [0.29, 0.717) is 6.04 Å². The maximum Gasteiger partial charge on any atom is 0.0516 e. The summed E-state index contributed by atoms with van der Waals surface area (Å²) in [5.41, 5.74) is 1.26. The van der Waals surface area contributed by atoms with Gasteiger partial charge < -0.3 is 5.32 Å². The number of benzene rings is 1. The summed E-state index contributed by atoms with van der Waals surface area (Å²) in [4.78, 5) is 1.26. The summed E-state index contributed by atoms with van der Waals surface area (Å²) in [5, 5.41) is 7.06. The predicted octanol–water partition coefficient (Wildman–Crippen LogP) is 4.78. The summed E-state index contributed by atoms with van der Waals surface area (Å²) in [5.74, 6) is 0. The third-order valence-corrected chi connectivity index (χ3v) is 4.20. The van der Waals surface area contributed by atoms with Gasteiger partial charge >= 0.3 is 0 Å². The number of rotatable bonds is 5. The second-order valence-electron chi connectivity index (χ2n) is 4.35. The normalized spacial score (nSPS) is 12.6. The molecule has 0 aliphatic carbocycles. The van der Waals surface area contributed by atoms with Crippen LogP contribution in [0.4, 0.5) is 0 Å². The second-order valence-corrected chi connectivity index (χ2v) is 6.22. The van der Waals surface area contributed by atoms with Crippen LogP contribution in [0.1, 0.15) is 17.4 Å². The van der Waals surface area contributed by atoms with E-state index in [2.05, 4.69) is 18.3 Å². The molecule has 4 heteroatoms. The van der Waals surface area contributed by atoms with Gasteiger partial charge in [0.25, 0.3) is 0 Å². The zero-order valence-electron chi connectivity index (χ0n) is 10.1. The molecule has 1 nitrogen and oxygen atoms in total. The molecule has 1 N–H and O–H groups in total. The SMILES string of the molecule is CC(Cc1cccc(Cl)c1)NCc1cc(Cl)cs1. The number of nitrogens with one attached hydrogen (secondary N) is 1. The Morgan fingerprint density at radius 2 is 2.06 bits per heavy atom. The highest BCUT2D eigenvalue weighted by atomic mass is 35.5. The van der Waals surface area contributed by atoms with Crippen molar-refractivity contribution < 1.29 is 0 Å². The summed E-state index contributed by atoms with van der Waals surface area (Å²) in [6, 6.07) is 10.4. The molecule has 0 bridgehead atoms. The van der Waals surface area contributed by atoms with E-state index >= 15 is 0 Å². The van der Waals surface area contributed by atoms with E-state index in [0.717, 1.165) is 23.0 Å². The van der Waals surface area contributed by atoms with E-state index in [1.54, 1.807) is 11.3 Å². The van der Waals surface area contributed by atoms with Crippen molar-refractivity contribution >= 4 is 34.5 Å². The molecule has 0 radical (unpaired) electrons. The molecule has 0 saturated heterocycles. The first-order valence-electron chi connectivity index (χ1n) is 5.84. The number of thiophene rings is 1. The van der Waals surface area contributed by atoms with Crippen molar-refractivity contribution in [2.45, 2.75) is 25.9 Å². The van der Waals surface area contributed by atoms with Crippen LogP contribution >= 0.6 is 34.5 Å². The van der Waals surface area contributed by atoms with Gasteiger partial charge in [0.1, 0.15) is 0 Å². The van der Waals surface area contributed by atoms with Crippen LogP contribution in [0.15, 0.2) is 35.7 Å². The van der Waals surface area contributed by atoms with Crippen molar-refractivity contribution in [3.63, 3.8) is 0 Å². The van der Waals surface area contributed by atoms with Crippen LogP contribution < -0.4 is 5.32 Å². The zero-order valence-corrected chi connectivity index (χ0v) is 12.4. The Bertz CT molecular complexity index is 510. The Kier molecular flexibility index (Phi) is 5.07. The van der Waals surface area contributed by atoms with Gasteiger partial charge in [-0.2, -0.15) is 0 Å². The molecule has 96 valence electrons. The first kappa shape index (κ1) is 13.9. The Balaban J connectivity index is 1.83. The van der Waals surface area contributed by atoms with Crippen LogP contribution in [-0.2, 0) is 13.0 Å². The van der Waals surface area contributed by atoms with E-state index in [-0.39, 0.29) is 0 Å². The maximum absolute atomic E-state index is 5.97. The van der Waals surface area contributed by atoms with Crippen molar-refractivity contribution in [3.8, 4) is 0 Å². The van der Waals surface area contributed by atoms with Crippen molar-refractivity contribution in [1.29, 1.82) is 0 Å². The maximum atomic E-state index is 5.97. The van der Waals surface area contributed by atoms with Gasteiger partial charge in [0.05, 0.1) is 5.02 Å². The quantitative estimate of drug-likeness (QED) is 0.838. The molecular formula is C14H15Cl2NS. The highest BCUT2D eigenvalue weighted by molar-refractivity contribution is 7.10. The molecular weight excluding hydrogens is 285 g/mol. The van der Waals surface area contributed by atoms with Gasteiger partial charge in [0.15, 0.2) is 0 Å². The lowest BCUT2D eigenvalue weighted by Gasteiger charge is -2.13. The van der Waals surface area contributed by atoms with Crippen molar-refractivity contribution in [2.75, 3.05) is 0 Å². The predicted molar refractivity (Wildman–Crippen MR) is 80.8 cm³/mol. The Morgan fingerprint density at radius 1 is 1.22 bits per heavy atom. The molecule has 0 saturated carbocycles. The molecule has 0 aliphatic heterocycles. The van der Waals surface area contributed by atoms with Gasteiger partial charge in [-0.1, -0.05) is 35.3 Å². The molecule has 0 fully saturated rings. The summed E-state index contributed by atoms with van der Waals surface area (Å²) in [6.07, 6.45) is 0.972. The fourth-order valence-electron chi connectivity index (χ4n) is 1.81. The fraction of sp³-hybridized carbons (Fsp3) is 0.286. The average Bonchev–Trinajstić information content (AvgIpc) is 2.73. The van der Waals surface area contributed by atoms with Gasteiger partial charge in [0.2, 0.25) is 0 Å². The second kappa shape index (κ2) is 6.58. The third kappa shape index (κ3) is 4.29. The summed E-state index contributed by atoms with van der Waals surface area (Å²) < 4.78 is 0. The lowest BCUT2D eigenvalue weighted by molar-refractivity contribution is 0.549. The highest BCUT2D eigenvalue weighted by Crippen LogP contribution is 2.19. The monoisotopic (exact) mass is 299 g/mol.